The molecule has 0 amide bonds. The van der Waals surface area contributed by atoms with Crippen molar-refractivity contribution < 1.29 is 9.90 Å². The van der Waals surface area contributed by atoms with Gasteiger partial charge < -0.3 is 19.5 Å². The van der Waals surface area contributed by atoms with Crippen molar-refractivity contribution in [3.63, 3.8) is 0 Å². The maximum Gasteiger partial charge on any atom is 0.304 e. The molecule has 0 spiro atoms. The van der Waals surface area contributed by atoms with Crippen molar-refractivity contribution in [3.05, 3.63) is 18.7 Å². The number of hydrogen-bond donors (Lipinski definition) is 1. The summed E-state index contributed by atoms with van der Waals surface area (Å²) in [5.41, 5.74) is 0. The standard InChI is InChI=1S/C14H26N4O2/c1-16(2)7-3-8-17(11-5-14(19)20)9-4-10-18-12-6-15-13-18/h6,12-13H,3-5,7-11H2,1-2H3,(H,19,20). The lowest BCUT2D eigenvalue weighted by molar-refractivity contribution is -0.137. The van der Waals surface area contributed by atoms with Gasteiger partial charge in [-0.05, 0) is 46.6 Å². The normalized spacial score (nSPS) is 11.4. The lowest BCUT2D eigenvalue weighted by atomic mass is 10.3. The van der Waals surface area contributed by atoms with E-state index in [1.165, 1.54) is 0 Å². The number of aryl methyl sites for hydroxylation is 1. The van der Waals surface area contributed by atoms with E-state index in [-0.39, 0.29) is 6.42 Å². The summed E-state index contributed by atoms with van der Waals surface area (Å²) in [7, 11) is 4.11. The first kappa shape index (κ1) is 16.7. The first-order chi connectivity index (χ1) is 9.58. The number of carboxylic acids is 1. The summed E-state index contributed by atoms with van der Waals surface area (Å²) in [6, 6.07) is 0. The molecular formula is C14H26N4O2. The van der Waals surface area contributed by atoms with Gasteiger partial charge in [-0.1, -0.05) is 0 Å². The minimum absolute atomic E-state index is 0.215. The first-order valence-corrected chi connectivity index (χ1v) is 7.12. The first-order valence-electron chi connectivity index (χ1n) is 7.12. The molecule has 1 N–H and O–H groups in total. The highest BCUT2D eigenvalue weighted by Gasteiger charge is 2.07. The van der Waals surface area contributed by atoms with Crippen molar-refractivity contribution in [3.8, 4) is 0 Å². The summed E-state index contributed by atoms with van der Waals surface area (Å²) >= 11 is 0. The van der Waals surface area contributed by atoms with Crippen molar-refractivity contribution in [2.75, 3.05) is 40.3 Å². The van der Waals surface area contributed by atoms with Crippen LogP contribution in [0, 0.1) is 0 Å². The van der Waals surface area contributed by atoms with E-state index in [9.17, 15) is 4.79 Å². The van der Waals surface area contributed by atoms with Crippen molar-refractivity contribution in [2.45, 2.75) is 25.8 Å². The minimum atomic E-state index is -0.725. The van der Waals surface area contributed by atoms with Gasteiger partial charge in [0, 0.05) is 25.5 Å². The van der Waals surface area contributed by atoms with Gasteiger partial charge in [0.15, 0.2) is 0 Å². The minimum Gasteiger partial charge on any atom is -0.481 e. The van der Waals surface area contributed by atoms with Gasteiger partial charge in [0.25, 0.3) is 0 Å². The SMILES string of the molecule is CN(C)CCCN(CCCn1ccnc1)CCC(=O)O. The summed E-state index contributed by atoms with van der Waals surface area (Å²) in [6.45, 7) is 4.48. The molecule has 0 atom stereocenters. The molecule has 0 saturated heterocycles. The molecule has 0 aromatic carbocycles. The molecular weight excluding hydrogens is 256 g/mol. The number of carboxylic acid groups (broad SMARTS) is 1. The van der Waals surface area contributed by atoms with E-state index in [1.54, 1.807) is 6.20 Å². The number of imidazole rings is 1. The lowest BCUT2D eigenvalue weighted by Gasteiger charge is -2.22. The number of aliphatic carboxylic acids is 1. The molecule has 0 unspecified atom stereocenters. The van der Waals surface area contributed by atoms with Crippen LogP contribution in [0.5, 0.6) is 0 Å². The van der Waals surface area contributed by atoms with Gasteiger partial charge in [0.1, 0.15) is 0 Å². The lowest BCUT2D eigenvalue weighted by Crippen LogP contribution is -2.31. The summed E-state index contributed by atoms with van der Waals surface area (Å²) in [5.74, 6) is -0.725. The van der Waals surface area contributed by atoms with E-state index < -0.39 is 5.97 Å². The van der Waals surface area contributed by atoms with E-state index in [4.69, 9.17) is 5.11 Å². The van der Waals surface area contributed by atoms with Crippen LogP contribution in [0.3, 0.4) is 0 Å². The summed E-state index contributed by atoms with van der Waals surface area (Å²) < 4.78 is 2.05. The third kappa shape index (κ3) is 7.91. The Balaban J connectivity index is 2.26. The van der Waals surface area contributed by atoms with Crippen LogP contribution in [0.1, 0.15) is 19.3 Å². The molecule has 0 radical (unpaired) electrons. The van der Waals surface area contributed by atoms with Crippen LogP contribution < -0.4 is 0 Å². The maximum absolute atomic E-state index is 10.7. The molecule has 114 valence electrons. The van der Waals surface area contributed by atoms with Crippen molar-refractivity contribution in [1.82, 2.24) is 19.4 Å². The number of hydrogen-bond acceptors (Lipinski definition) is 4. The molecule has 6 heteroatoms. The zero-order valence-corrected chi connectivity index (χ0v) is 12.5. The molecule has 1 heterocycles. The second-order valence-electron chi connectivity index (χ2n) is 5.30. The van der Waals surface area contributed by atoms with Crippen LogP contribution in [-0.2, 0) is 11.3 Å². The van der Waals surface area contributed by atoms with E-state index in [0.29, 0.717) is 6.54 Å². The van der Waals surface area contributed by atoms with Gasteiger partial charge in [0.2, 0.25) is 0 Å². The van der Waals surface area contributed by atoms with Crippen molar-refractivity contribution >= 4 is 5.97 Å². The molecule has 1 aromatic rings. The van der Waals surface area contributed by atoms with E-state index in [1.807, 2.05) is 12.5 Å². The van der Waals surface area contributed by atoms with Crippen LogP contribution in [-0.4, -0.2) is 70.7 Å². The van der Waals surface area contributed by atoms with Gasteiger partial charge in [-0.2, -0.15) is 0 Å². The monoisotopic (exact) mass is 282 g/mol. The number of aromatic nitrogens is 2. The molecule has 0 fully saturated rings. The molecule has 20 heavy (non-hydrogen) atoms. The van der Waals surface area contributed by atoms with Crippen LogP contribution >= 0.6 is 0 Å². The largest absolute Gasteiger partial charge is 0.481 e. The average molecular weight is 282 g/mol. The van der Waals surface area contributed by atoms with E-state index in [0.717, 1.165) is 39.0 Å². The van der Waals surface area contributed by atoms with Gasteiger partial charge in [0.05, 0.1) is 12.7 Å². The van der Waals surface area contributed by atoms with Crippen LogP contribution in [0.15, 0.2) is 18.7 Å². The summed E-state index contributed by atoms with van der Waals surface area (Å²) in [4.78, 5) is 19.1. The van der Waals surface area contributed by atoms with Crippen molar-refractivity contribution in [2.24, 2.45) is 0 Å². The zero-order valence-electron chi connectivity index (χ0n) is 12.5. The number of nitrogens with zero attached hydrogens (tertiary/aromatic N) is 4. The molecule has 0 aliphatic carbocycles. The third-order valence-electron chi connectivity index (χ3n) is 3.17. The zero-order chi connectivity index (χ0) is 14.8. The quantitative estimate of drug-likeness (QED) is 0.656. The van der Waals surface area contributed by atoms with Crippen LogP contribution in [0.4, 0.5) is 0 Å². The molecule has 1 aromatic heterocycles. The Morgan fingerprint density at radius 3 is 2.55 bits per heavy atom. The third-order valence-corrected chi connectivity index (χ3v) is 3.17. The Hall–Kier alpha value is -1.40. The fourth-order valence-electron chi connectivity index (χ4n) is 2.10. The fraction of sp³-hybridized carbons (Fsp3) is 0.714. The maximum atomic E-state index is 10.7. The Labute approximate surface area is 121 Å². The van der Waals surface area contributed by atoms with Crippen LogP contribution in [0.25, 0.3) is 0 Å². The van der Waals surface area contributed by atoms with Gasteiger partial charge >= 0.3 is 5.97 Å². The Morgan fingerprint density at radius 2 is 1.95 bits per heavy atom. The average Bonchev–Trinajstić information content (AvgIpc) is 2.87. The summed E-state index contributed by atoms with van der Waals surface area (Å²) in [5, 5.41) is 8.80. The van der Waals surface area contributed by atoms with E-state index >= 15 is 0 Å². The second-order valence-corrected chi connectivity index (χ2v) is 5.30. The predicted molar refractivity (Wildman–Crippen MR) is 78.7 cm³/mol. The Morgan fingerprint density at radius 1 is 1.20 bits per heavy atom. The highest BCUT2D eigenvalue weighted by Crippen LogP contribution is 2.00. The molecule has 0 aliphatic heterocycles. The predicted octanol–water partition coefficient (Wildman–Crippen LogP) is 1.00. The molecule has 0 aliphatic rings. The van der Waals surface area contributed by atoms with Gasteiger partial charge in [-0.3, -0.25) is 4.79 Å². The smallest absolute Gasteiger partial charge is 0.304 e. The molecule has 0 bridgehead atoms. The highest BCUT2D eigenvalue weighted by atomic mass is 16.4. The molecule has 6 nitrogen and oxygen atoms in total. The van der Waals surface area contributed by atoms with Crippen LogP contribution in [0.2, 0.25) is 0 Å². The van der Waals surface area contributed by atoms with Crippen molar-refractivity contribution in [1.29, 1.82) is 0 Å². The number of rotatable bonds is 11. The van der Waals surface area contributed by atoms with Gasteiger partial charge in [-0.15, -0.1) is 0 Å². The van der Waals surface area contributed by atoms with E-state index in [2.05, 4.69) is 33.4 Å². The number of carbonyl (C=O) groups is 1. The highest BCUT2D eigenvalue weighted by molar-refractivity contribution is 5.66. The molecule has 0 saturated carbocycles. The molecule has 1 rings (SSSR count). The summed E-state index contributed by atoms with van der Waals surface area (Å²) in [6.07, 6.45) is 7.84. The van der Waals surface area contributed by atoms with Gasteiger partial charge in [-0.25, -0.2) is 4.98 Å². The topological polar surface area (TPSA) is 61.6 Å². The fourth-order valence-corrected chi connectivity index (χ4v) is 2.10. The second kappa shape index (κ2) is 9.50. The Kier molecular flexibility index (Phi) is 7.91. The Bertz CT molecular complexity index is 365.